The van der Waals surface area contributed by atoms with Crippen LogP contribution in [-0.2, 0) is 17.7 Å². The standard InChI is InChI=1S/C15H15IN2O2/c1-10-14(16)15(19)18(9-17-10)8-13-12-5-3-2-4-11(12)6-7-20-13/h2-5,9,13H,6-8H2,1H3. The summed E-state index contributed by atoms with van der Waals surface area (Å²) in [4.78, 5) is 16.5. The van der Waals surface area contributed by atoms with E-state index in [-0.39, 0.29) is 11.7 Å². The van der Waals surface area contributed by atoms with Crippen LogP contribution in [-0.4, -0.2) is 16.2 Å². The van der Waals surface area contributed by atoms with Crippen molar-refractivity contribution in [3.05, 3.63) is 61.3 Å². The maximum atomic E-state index is 12.2. The molecule has 0 N–H and O–H groups in total. The first kappa shape index (κ1) is 13.8. The van der Waals surface area contributed by atoms with Gasteiger partial charge in [0.25, 0.3) is 5.56 Å². The van der Waals surface area contributed by atoms with E-state index in [1.54, 1.807) is 10.9 Å². The third kappa shape index (κ3) is 2.52. The molecule has 1 aromatic carbocycles. The lowest BCUT2D eigenvalue weighted by molar-refractivity contribution is 0.0297. The van der Waals surface area contributed by atoms with Crippen molar-refractivity contribution < 1.29 is 4.74 Å². The normalized spacial score (nSPS) is 17.8. The largest absolute Gasteiger partial charge is 0.371 e. The number of benzene rings is 1. The molecule has 2 heterocycles. The number of nitrogens with zero attached hydrogens (tertiary/aromatic N) is 2. The Labute approximate surface area is 130 Å². The van der Waals surface area contributed by atoms with E-state index < -0.39 is 0 Å². The van der Waals surface area contributed by atoms with E-state index in [9.17, 15) is 4.79 Å². The molecule has 4 nitrogen and oxygen atoms in total. The Balaban J connectivity index is 1.94. The van der Waals surface area contributed by atoms with Gasteiger partial charge in [-0.2, -0.15) is 0 Å². The average molecular weight is 382 g/mol. The van der Waals surface area contributed by atoms with Crippen molar-refractivity contribution in [1.29, 1.82) is 0 Å². The number of fused-ring (bicyclic) bond motifs is 1. The van der Waals surface area contributed by atoms with Crippen LogP contribution in [0.1, 0.15) is 22.9 Å². The lowest BCUT2D eigenvalue weighted by Gasteiger charge is -2.26. The van der Waals surface area contributed by atoms with Crippen LogP contribution in [0.4, 0.5) is 0 Å². The fourth-order valence-electron chi connectivity index (χ4n) is 2.48. The Hall–Kier alpha value is -1.21. The first-order valence-corrected chi connectivity index (χ1v) is 7.65. The fourth-order valence-corrected chi connectivity index (χ4v) is 2.93. The number of ether oxygens (including phenoxy) is 1. The first-order chi connectivity index (χ1) is 9.66. The molecule has 0 amide bonds. The van der Waals surface area contributed by atoms with Crippen LogP contribution < -0.4 is 5.56 Å². The molecular weight excluding hydrogens is 367 g/mol. The van der Waals surface area contributed by atoms with E-state index in [1.807, 2.05) is 19.1 Å². The van der Waals surface area contributed by atoms with Crippen LogP contribution >= 0.6 is 22.6 Å². The van der Waals surface area contributed by atoms with Gasteiger partial charge >= 0.3 is 0 Å². The maximum absolute atomic E-state index is 12.2. The molecule has 104 valence electrons. The number of hydrogen-bond donors (Lipinski definition) is 0. The molecule has 1 aliphatic rings. The van der Waals surface area contributed by atoms with Crippen molar-refractivity contribution in [3.8, 4) is 0 Å². The number of rotatable bonds is 2. The Morgan fingerprint density at radius 2 is 2.25 bits per heavy atom. The van der Waals surface area contributed by atoms with Crippen molar-refractivity contribution in [1.82, 2.24) is 9.55 Å². The van der Waals surface area contributed by atoms with Gasteiger partial charge in [-0.25, -0.2) is 4.98 Å². The molecule has 0 fully saturated rings. The third-order valence-corrected chi connectivity index (χ3v) is 4.85. The molecule has 20 heavy (non-hydrogen) atoms. The zero-order valence-corrected chi connectivity index (χ0v) is 13.3. The highest BCUT2D eigenvalue weighted by molar-refractivity contribution is 14.1. The van der Waals surface area contributed by atoms with E-state index in [1.165, 1.54) is 11.1 Å². The Bertz CT molecular complexity index is 697. The molecule has 1 aromatic heterocycles. The molecule has 1 aliphatic heterocycles. The summed E-state index contributed by atoms with van der Waals surface area (Å²) >= 11 is 2.05. The molecule has 3 rings (SSSR count). The Morgan fingerprint density at radius 3 is 3.10 bits per heavy atom. The Morgan fingerprint density at radius 1 is 1.45 bits per heavy atom. The van der Waals surface area contributed by atoms with Gasteiger partial charge in [0.1, 0.15) is 6.10 Å². The van der Waals surface area contributed by atoms with E-state index in [0.717, 1.165) is 12.1 Å². The number of aromatic nitrogens is 2. The van der Waals surface area contributed by atoms with Crippen LogP contribution in [0.3, 0.4) is 0 Å². The lowest BCUT2D eigenvalue weighted by Crippen LogP contribution is -2.29. The Kier molecular flexibility index (Phi) is 3.89. The molecule has 5 heteroatoms. The number of halogens is 1. The van der Waals surface area contributed by atoms with E-state index in [2.05, 4.69) is 39.7 Å². The zero-order valence-electron chi connectivity index (χ0n) is 11.2. The second-order valence-corrected chi connectivity index (χ2v) is 5.99. The predicted molar refractivity (Wildman–Crippen MR) is 84.8 cm³/mol. The van der Waals surface area contributed by atoms with Crippen molar-refractivity contribution in [2.45, 2.75) is 26.0 Å². The topological polar surface area (TPSA) is 44.1 Å². The highest BCUT2D eigenvalue weighted by Crippen LogP contribution is 2.27. The van der Waals surface area contributed by atoms with Crippen molar-refractivity contribution in [3.63, 3.8) is 0 Å². The molecule has 0 saturated carbocycles. The molecule has 2 aromatic rings. The highest BCUT2D eigenvalue weighted by Gasteiger charge is 2.21. The van der Waals surface area contributed by atoms with Gasteiger partial charge in [-0.15, -0.1) is 0 Å². The van der Waals surface area contributed by atoms with Gasteiger partial charge in [0, 0.05) is 0 Å². The van der Waals surface area contributed by atoms with Gasteiger partial charge in [-0.3, -0.25) is 9.36 Å². The van der Waals surface area contributed by atoms with Gasteiger partial charge in [0.2, 0.25) is 0 Å². The minimum absolute atomic E-state index is 0.00440. The molecule has 0 spiro atoms. The minimum atomic E-state index is -0.0713. The summed E-state index contributed by atoms with van der Waals surface area (Å²) in [6, 6.07) is 8.27. The summed E-state index contributed by atoms with van der Waals surface area (Å²) in [5.74, 6) is 0. The SMILES string of the molecule is Cc1ncn(CC2OCCc3ccccc32)c(=O)c1I. The first-order valence-electron chi connectivity index (χ1n) is 6.58. The molecule has 0 radical (unpaired) electrons. The van der Waals surface area contributed by atoms with Crippen LogP contribution in [0.25, 0.3) is 0 Å². The quantitative estimate of drug-likeness (QED) is 0.750. The van der Waals surface area contributed by atoms with Crippen LogP contribution in [0.15, 0.2) is 35.4 Å². The molecule has 1 unspecified atom stereocenters. The van der Waals surface area contributed by atoms with Crippen molar-refractivity contribution in [2.24, 2.45) is 0 Å². The summed E-state index contributed by atoms with van der Waals surface area (Å²) in [5, 5.41) is 0. The maximum Gasteiger partial charge on any atom is 0.267 e. The van der Waals surface area contributed by atoms with E-state index >= 15 is 0 Å². The van der Waals surface area contributed by atoms with Gasteiger partial charge in [-0.1, -0.05) is 24.3 Å². The summed E-state index contributed by atoms with van der Waals surface area (Å²) in [5.41, 5.74) is 3.27. The summed E-state index contributed by atoms with van der Waals surface area (Å²) in [7, 11) is 0. The van der Waals surface area contributed by atoms with Crippen LogP contribution in [0, 0.1) is 10.5 Å². The second-order valence-electron chi connectivity index (χ2n) is 4.91. The van der Waals surface area contributed by atoms with Gasteiger partial charge in [0.05, 0.1) is 28.7 Å². The number of aryl methyl sites for hydroxylation is 1. The second kappa shape index (κ2) is 5.65. The molecular formula is C15H15IN2O2. The fraction of sp³-hybridized carbons (Fsp3) is 0.333. The predicted octanol–water partition coefficient (Wildman–Crippen LogP) is 2.47. The summed E-state index contributed by atoms with van der Waals surface area (Å²) < 4.78 is 8.16. The monoisotopic (exact) mass is 382 g/mol. The van der Waals surface area contributed by atoms with Crippen molar-refractivity contribution in [2.75, 3.05) is 6.61 Å². The van der Waals surface area contributed by atoms with Crippen LogP contribution in [0.2, 0.25) is 0 Å². The number of hydrogen-bond acceptors (Lipinski definition) is 3. The van der Waals surface area contributed by atoms with Gasteiger partial charge in [-0.05, 0) is 47.1 Å². The molecule has 0 saturated heterocycles. The smallest absolute Gasteiger partial charge is 0.267 e. The highest BCUT2D eigenvalue weighted by atomic mass is 127. The molecule has 0 aliphatic carbocycles. The molecule has 0 bridgehead atoms. The van der Waals surface area contributed by atoms with Crippen molar-refractivity contribution >= 4 is 22.6 Å². The summed E-state index contributed by atoms with van der Waals surface area (Å²) in [6.07, 6.45) is 2.48. The van der Waals surface area contributed by atoms with Crippen LogP contribution in [0.5, 0.6) is 0 Å². The van der Waals surface area contributed by atoms with E-state index in [4.69, 9.17) is 4.74 Å². The lowest BCUT2D eigenvalue weighted by atomic mass is 9.97. The summed E-state index contributed by atoms with van der Waals surface area (Å²) in [6.45, 7) is 3.06. The average Bonchev–Trinajstić information content (AvgIpc) is 2.48. The van der Waals surface area contributed by atoms with Gasteiger partial charge in [0.15, 0.2) is 0 Å². The molecule has 1 atom stereocenters. The van der Waals surface area contributed by atoms with Gasteiger partial charge < -0.3 is 4.74 Å². The zero-order chi connectivity index (χ0) is 14.1. The minimum Gasteiger partial charge on any atom is -0.371 e. The third-order valence-electron chi connectivity index (χ3n) is 3.61. The van der Waals surface area contributed by atoms with E-state index in [0.29, 0.717) is 16.7 Å².